The van der Waals surface area contributed by atoms with Crippen molar-refractivity contribution in [1.29, 1.82) is 0 Å². The Morgan fingerprint density at radius 2 is 1.80 bits per heavy atom. The fourth-order valence-electron chi connectivity index (χ4n) is 2.46. The molecular formula is C10H17N2O13P3S2. The van der Waals surface area contributed by atoms with Gasteiger partial charge in [0.05, 0.1) is 6.61 Å². The molecule has 1 aromatic rings. The van der Waals surface area contributed by atoms with Gasteiger partial charge in [0.2, 0.25) is 0 Å². The number of aliphatic hydroxyl groups excluding tert-OH is 1. The Morgan fingerprint density at radius 3 is 2.33 bits per heavy atom. The number of nitrogens with one attached hydrogen (secondary N) is 1. The summed E-state index contributed by atoms with van der Waals surface area (Å²) in [7, 11) is -16.7. The van der Waals surface area contributed by atoms with Gasteiger partial charge in [0.1, 0.15) is 22.4 Å². The molecule has 2 rings (SSSR count). The maximum absolute atomic E-state index is 11.8. The van der Waals surface area contributed by atoms with Crippen molar-refractivity contribution in [2.45, 2.75) is 31.0 Å². The van der Waals surface area contributed by atoms with Crippen molar-refractivity contribution in [3.05, 3.63) is 21.7 Å². The highest BCUT2D eigenvalue weighted by atomic mass is 32.1. The van der Waals surface area contributed by atoms with Crippen molar-refractivity contribution in [2.75, 3.05) is 6.61 Å². The van der Waals surface area contributed by atoms with E-state index in [0.29, 0.717) is 4.64 Å². The third-order valence-corrected chi connectivity index (χ3v) is 8.03. The zero-order valence-electron chi connectivity index (χ0n) is 14.7. The topological polar surface area (TPSA) is 230 Å². The molecule has 1 aromatic heterocycles. The average molecular weight is 530 g/mol. The molecular weight excluding hydrogens is 513 g/mol. The van der Waals surface area contributed by atoms with Gasteiger partial charge in [-0.05, 0) is 25.2 Å². The minimum absolute atomic E-state index is 0.0357. The second-order valence-electron chi connectivity index (χ2n) is 6.10. The molecule has 0 amide bonds. The first-order chi connectivity index (χ1) is 13.4. The van der Waals surface area contributed by atoms with Crippen molar-refractivity contribution in [2.24, 2.45) is 0 Å². The molecule has 1 saturated heterocycles. The average Bonchev–Trinajstić information content (AvgIpc) is 2.73. The van der Waals surface area contributed by atoms with E-state index in [1.54, 1.807) is 0 Å². The summed E-state index contributed by atoms with van der Waals surface area (Å²) in [6, 6.07) is 1.43. The number of aromatic amines is 1. The van der Waals surface area contributed by atoms with Crippen molar-refractivity contribution in [3.63, 3.8) is 0 Å². The molecule has 6 atom stereocenters. The number of phosphoric ester groups is 1. The van der Waals surface area contributed by atoms with Gasteiger partial charge in [-0.25, -0.2) is 13.7 Å². The van der Waals surface area contributed by atoms with Crippen LogP contribution >= 0.6 is 47.9 Å². The lowest BCUT2D eigenvalue weighted by atomic mass is 9.96. The molecule has 15 nitrogen and oxygen atoms in total. The molecule has 2 heterocycles. The Balaban J connectivity index is 2.13. The Morgan fingerprint density at radius 1 is 1.20 bits per heavy atom. The van der Waals surface area contributed by atoms with E-state index in [0.717, 1.165) is 0 Å². The van der Waals surface area contributed by atoms with E-state index < -0.39 is 54.1 Å². The predicted octanol–water partition coefficient (Wildman–Crippen LogP) is 0.628. The lowest BCUT2D eigenvalue weighted by Gasteiger charge is -2.28. The van der Waals surface area contributed by atoms with Crippen LogP contribution in [0.1, 0.15) is 13.2 Å². The van der Waals surface area contributed by atoms with Crippen LogP contribution in [0.15, 0.2) is 12.3 Å². The quantitative estimate of drug-likeness (QED) is 0.180. The van der Waals surface area contributed by atoms with Crippen molar-refractivity contribution in [3.8, 4) is 0 Å². The number of nitrogens with zero attached hydrogens (tertiary/aromatic N) is 1. The molecule has 0 radical (unpaired) electrons. The summed E-state index contributed by atoms with van der Waals surface area (Å²) >= 11 is 9.99. The highest BCUT2D eigenvalue weighted by molar-refractivity contribution is 7.72. The second kappa shape index (κ2) is 8.98. The molecule has 20 heteroatoms. The van der Waals surface area contributed by atoms with Crippen molar-refractivity contribution in [1.82, 2.24) is 9.55 Å². The Bertz CT molecular complexity index is 1050. The van der Waals surface area contributed by atoms with Gasteiger partial charge in [0.25, 0.3) is 0 Å². The fraction of sp³-hybridized carbons (Fsp3) is 0.600. The van der Waals surface area contributed by atoms with Crippen molar-refractivity contribution < 1.29 is 61.4 Å². The first kappa shape index (κ1) is 26.1. The molecule has 0 aliphatic carbocycles. The van der Waals surface area contributed by atoms with Crippen LogP contribution < -0.4 is 0 Å². The molecule has 1 aliphatic heterocycles. The first-order valence-corrected chi connectivity index (χ1v) is 12.9. The molecule has 0 spiro atoms. The van der Waals surface area contributed by atoms with E-state index in [9.17, 15) is 28.8 Å². The third-order valence-electron chi connectivity index (χ3n) is 3.68. The number of aromatic nitrogens is 2. The Labute approximate surface area is 178 Å². The maximum atomic E-state index is 11.8. The summed E-state index contributed by atoms with van der Waals surface area (Å²) in [4.78, 5) is 38.2. The lowest BCUT2D eigenvalue weighted by Crippen LogP contribution is -2.44. The Kier molecular flexibility index (Phi) is 7.80. The van der Waals surface area contributed by atoms with Crippen LogP contribution in [0.4, 0.5) is 0 Å². The summed E-state index contributed by atoms with van der Waals surface area (Å²) in [5.41, 5.74) is -1.97. The molecule has 7 N–H and O–H groups in total. The van der Waals surface area contributed by atoms with Crippen molar-refractivity contribution >= 4 is 47.9 Å². The molecule has 0 saturated carbocycles. The third kappa shape index (κ3) is 6.65. The summed E-state index contributed by atoms with van der Waals surface area (Å²) in [5, 5.41) is 20.9. The van der Waals surface area contributed by atoms with Crippen LogP contribution in [0, 0.1) is 9.41 Å². The molecule has 0 bridgehead atoms. The largest absolute Gasteiger partial charge is 0.490 e. The molecule has 172 valence electrons. The zero-order chi connectivity index (χ0) is 23.1. The van der Waals surface area contributed by atoms with Gasteiger partial charge >= 0.3 is 23.5 Å². The lowest BCUT2D eigenvalue weighted by molar-refractivity contribution is -0.0977. The zero-order valence-corrected chi connectivity index (χ0v) is 19.1. The van der Waals surface area contributed by atoms with Crippen LogP contribution in [-0.4, -0.2) is 63.8 Å². The van der Waals surface area contributed by atoms with Gasteiger partial charge in [0, 0.05) is 6.20 Å². The summed E-state index contributed by atoms with van der Waals surface area (Å²) in [5.74, 6) is 0. The van der Waals surface area contributed by atoms with E-state index in [-0.39, 0.29) is 4.77 Å². The van der Waals surface area contributed by atoms with Gasteiger partial charge in [-0.15, -0.1) is 0 Å². The number of aliphatic hydroxyl groups is 2. The molecule has 0 aromatic carbocycles. The van der Waals surface area contributed by atoms with Gasteiger partial charge in [-0.1, -0.05) is 12.2 Å². The Hall–Kier alpha value is -0.190. The highest BCUT2D eigenvalue weighted by Gasteiger charge is 2.54. The number of rotatable bonds is 8. The number of hydrogen-bond acceptors (Lipinski definition) is 11. The SMILES string of the molecule is CC1(O)C(O)C(COP(=O)(O)OP(=O)(O)OP(=O)(O)O)OC1n1ccc(=S)[nH]c1=S. The van der Waals surface area contributed by atoms with E-state index in [1.165, 1.54) is 23.8 Å². The molecule has 1 aliphatic rings. The van der Waals surface area contributed by atoms with Crippen LogP contribution in [0.25, 0.3) is 0 Å². The normalized spacial score (nSPS) is 31.2. The summed E-state index contributed by atoms with van der Waals surface area (Å²) < 4.78 is 52.3. The van der Waals surface area contributed by atoms with E-state index in [2.05, 4.69) is 18.1 Å². The fourth-order valence-corrected chi connectivity index (χ4v) is 5.98. The summed E-state index contributed by atoms with van der Waals surface area (Å²) in [6.07, 6.45) is -3.07. The van der Waals surface area contributed by atoms with Gasteiger partial charge in [-0.3, -0.25) is 9.09 Å². The monoisotopic (exact) mass is 530 g/mol. The molecule has 30 heavy (non-hydrogen) atoms. The highest BCUT2D eigenvalue weighted by Crippen LogP contribution is 2.66. The standard InChI is InChI=1S/C10H17N2O13P3S2/c1-10(14)7(13)5(23-8(10)12-3-2-6(29)11-9(12)30)4-22-27(18,19)25-28(20,21)24-26(15,16)17/h2-3,5,7-8,13-14H,4H2,1H3,(H,18,19)(H,20,21)(H,11,29,30)(H2,15,16,17). The van der Waals surface area contributed by atoms with Crippen LogP contribution in [0.2, 0.25) is 0 Å². The minimum Gasteiger partial charge on any atom is -0.387 e. The molecule has 6 unspecified atom stereocenters. The van der Waals surface area contributed by atoms with E-state index >= 15 is 0 Å². The van der Waals surface area contributed by atoms with Crippen LogP contribution in [-0.2, 0) is 31.6 Å². The van der Waals surface area contributed by atoms with Gasteiger partial charge in [0.15, 0.2) is 11.0 Å². The van der Waals surface area contributed by atoms with E-state index in [4.69, 9.17) is 43.9 Å². The number of hydrogen-bond donors (Lipinski definition) is 7. The number of phosphoric acid groups is 3. The number of H-pyrrole nitrogens is 1. The smallest absolute Gasteiger partial charge is 0.387 e. The van der Waals surface area contributed by atoms with E-state index in [1.807, 2.05) is 0 Å². The molecule has 1 fully saturated rings. The minimum atomic E-state index is -5.69. The summed E-state index contributed by atoms with van der Waals surface area (Å²) in [6.45, 7) is 0.240. The van der Waals surface area contributed by atoms with Crippen LogP contribution in [0.5, 0.6) is 0 Å². The second-order valence-corrected chi connectivity index (χ2v) is 11.3. The predicted molar refractivity (Wildman–Crippen MR) is 101 cm³/mol. The first-order valence-electron chi connectivity index (χ1n) is 7.59. The van der Waals surface area contributed by atoms with Crippen LogP contribution in [0.3, 0.4) is 0 Å². The number of ether oxygens (including phenoxy) is 1. The van der Waals surface area contributed by atoms with Gasteiger partial charge in [-0.2, -0.15) is 8.62 Å². The maximum Gasteiger partial charge on any atom is 0.490 e. The van der Waals surface area contributed by atoms with Gasteiger partial charge < -0.3 is 39.5 Å².